The molecule has 0 unspecified atom stereocenters. The summed E-state index contributed by atoms with van der Waals surface area (Å²) in [6.07, 6.45) is 0. The molecule has 3 aromatic carbocycles. The number of carbonyl (C=O) groups excluding carboxylic acids is 1. The Bertz CT molecular complexity index is 1130. The molecule has 7 heteroatoms. The molecule has 0 atom stereocenters. The second kappa shape index (κ2) is 7.44. The molecule has 144 valence electrons. The van der Waals surface area contributed by atoms with Crippen LogP contribution in [0.15, 0.2) is 66.7 Å². The van der Waals surface area contributed by atoms with E-state index >= 15 is 0 Å². The Labute approximate surface area is 170 Å². The van der Waals surface area contributed by atoms with Crippen LogP contribution >= 0.6 is 11.3 Å². The number of ether oxygens (including phenoxy) is 3. The number of fused-ring (bicyclic) bond motifs is 2. The minimum absolute atomic E-state index is 0.229. The van der Waals surface area contributed by atoms with E-state index in [1.807, 2.05) is 42.5 Å². The highest BCUT2D eigenvalue weighted by Crippen LogP contribution is 2.38. The predicted octanol–water partition coefficient (Wildman–Crippen LogP) is 5.11. The van der Waals surface area contributed by atoms with Crippen LogP contribution in [0.1, 0.15) is 10.4 Å². The highest BCUT2D eigenvalue weighted by Gasteiger charge is 2.16. The van der Waals surface area contributed by atoms with Gasteiger partial charge in [0, 0.05) is 17.7 Å². The summed E-state index contributed by atoms with van der Waals surface area (Å²) in [6.45, 7) is 1.06. The zero-order chi connectivity index (χ0) is 19.6. The molecule has 0 aliphatic carbocycles. The van der Waals surface area contributed by atoms with Gasteiger partial charge in [-0.25, -0.2) is 4.98 Å². The van der Waals surface area contributed by atoms with Crippen LogP contribution in [0.2, 0.25) is 0 Å². The van der Waals surface area contributed by atoms with Crippen molar-refractivity contribution < 1.29 is 19.0 Å². The van der Waals surface area contributed by atoms with Crippen LogP contribution < -0.4 is 19.5 Å². The molecule has 0 saturated carbocycles. The van der Waals surface area contributed by atoms with Crippen molar-refractivity contribution in [1.82, 2.24) is 4.98 Å². The predicted molar refractivity (Wildman–Crippen MR) is 112 cm³/mol. The van der Waals surface area contributed by atoms with Crippen molar-refractivity contribution in [2.45, 2.75) is 0 Å². The number of aromatic nitrogens is 1. The van der Waals surface area contributed by atoms with Crippen LogP contribution in [0.3, 0.4) is 0 Å². The average Bonchev–Trinajstić information content (AvgIpc) is 3.14. The number of benzene rings is 3. The van der Waals surface area contributed by atoms with Gasteiger partial charge in [-0.3, -0.25) is 10.1 Å². The quantitative estimate of drug-likeness (QED) is 0.512. The molecule has 1 amide bonds. The molecule has 2 heterocycles. The summed E-state index contributed by atoms with van der Waals surface area (Å²) >= 11 is 1.39. The van der Waals surface area contributed by atoms with Gasteiger partial charge in [-0.1, -0.05) is 29.5 Å². The molecular formula is C22H16N2O4S. The molecule has 1 N–H and O–H groups in total. The van der Waals surface area contributed by atoms with E-state index in [2.05, 4.69) is 10.3 Å². The maximum Gasteiger partial charge on any atom is 0.257 e. The Balaban J connectivity index is 1.31. The average molecular weight is 404 g/mol. The third-order valence-electron chi connectivity index (χ3n) is 4.37. The van der Waals surface area contributed by atoms with Gasteiger partial charge in [0.2, 0.25) is 0 Å². The number of thiazole rings is 1. The van der Waals surface area contributed by atoms with Gasteiger partial charge in [-0.15, -0.1) is 0 Å². The van der Waals surface area contributed by atoms with Crippen LogP contribution in [0.5, 0.6) is 23.0 Å². The fraction of sp³-hybridized carbons (Fsp3) is 0.0909. The SMILES string of the molecule is O=C(Nc1nc2cc3c(cc2s1)OCCO3)c1ccc(Oc2ccccc2)cc1. The maximum absolute atomic E-state index is 12.6. The monoisotopic (exact) mass is 404 g/mol. The Kier molecular flexibility index (Phi) is 4.50. The molecule has 1 aromatic heterocycles. The van der Waals surface area contributed by atoms with E-state index in [0.29, 0.717) is 41.2 Å². The number of hydrogen-bond acceptors (Lipinski definition) is 6. The fourth-order valence-electron chi connectivity index (χ4n) is 2.99. The first-order chi connectivity index (χ1) is 14.2. The summed E-state index contributed by atoms with van der Waals surface area (Å²) in [6, 6.07) is 20.2. The second-order valence-corrected chi connectivity index (χ2v) is 7.41. The van der Waals surface area contributed by atoms with Gasteiger partial charge in [-0.05, 0) is 36.4 Å². The number of para-hydroxylation sites is 1. The Hall–Kier alpha value is -3.58. The van der Waals surface area contributed by atoms with Crippen molar-refractivity contribution in [3.05, 3.63) is 72.3 Å². The number of carbonyl (C=O) groups is 1. The number of rotatable bonds is 4. The minimum atomic E-state index is -0.229. The molecular weight excluding hydrogens is 388 g/mol. The first-order valence-corrected chi connectivity index (χ1v) is 9.91. The lowest BCUT2D eigenvalue weighted by Gasteiger charge is -2.17. The Morgan fingerprint density at radius 2 is 1.62 bits per heavy atom. The minimum Gasteiger partial charge on any atom is -0.486 e. The van der Waals surface area contributed by atoms with Crippen LogP contribution in [0, 0.1) is 0 Å². The number of amides is 1. The van der Waals surface area contributed by atoms with Crippen molar-refractivity contribution in [2.75, 3.05) is 18.5 Å². The van der Waals surface area contributed by atoms with Gasteiger partial charge in [0.1, 0.15) is 24.7 Å². The van der Waals surface area contributed by atoms with E-state index in [4.69, 9.17) is 14.2 Å². The molecule has 1 aliphatic rings. The first kappa shape index (κ1) is 17.5. The highest BCUT2D eigenvalue weighted by molar-refractivity contribution is 7.22. The summed E-state index contributed by atoms with van der Waals surface area (Å²) in [5, 5.41) is 3.38. The zero-order valence-electron chi connectivity index (χ0n) is 15.3. The number of hydrogen-bond donors (Lipinski definition) is 1. The van der Waals surface area contributed by atoms with Crippen molar-refractivity contribution in [3.8, 4) is 23.0 Å². The van der Waals surface area contributed by atoms with Gasteiger partial charge in [-0.2, -0.15) is 0 Å². The molecule has 6 nitrogen and oxygen atoms in total. The van der Waals surface area contributed by atoms with Crippen molar-refractivity contribution in [2.24, 2.45) is 0 Å². The number of anilines is 1. The van der Waals surface area contributed by atoms with Gasteiger partial charge in [0.15, 0.2) is 16.6 Å². The zero-order valence-corrected chi connectivity index (χ0v) is 16.1. The van der Waals surface area contributed by atoms with Crippen molar-refractivity contribution >= 4 is 32.6 Å². The van der Waals surface area contributed by atoms with Gasteiger partial charge < -0.3 is 14.2 Å². The molecule has 0 saturated heterocycles. The Morgan fingerprint density at radius 3 is 2.38 bits per heavy atom. The van der Waals surface area contributed by atoms with E-state index < -0.39 is 0 Å². The molecule has 0 radical (unpaired) electrons. The van der Waals surface area contributed by atoms with E-state index in [1.165, 1.54) is 11.3 Å². The van der Waals surface area contributed by atoms with E-state index in [-0.39, 0.29) is 5.91 Å². The molecule has 4 aromatic rings. The lowest BCUT2D eigenvalue weighted by Crippen LogP contribution is -2.15. The smallest absolute Gasteiger partial charge is 0.257 e. The van der Waals surface area contributed by atoms with E-state index in [1.54, 1.807) is 24.3 Å². The first-order valence-electron chi connectivity index (χ1n) is 9.09. The van der Waals surface area contributed by atoms with Crippen LogP contribution in [-0.2, 0) is 0 Å². The van der Waals surface area contributed by atoms with Crippen LogP contribution in [0.25, 0.3) is 10.2 Å². The van der Waals surface area contributed by atoms with Crippen LogP contribution in [-0.4, -0.2) is 24.1 Å². The van der Waals surface area contributed by atoms with Gasteiger partial charge in [0.25, 0.3) is 5.91 Å². The maximum atomic E-state index is 12.6. The standard InChI is InChI=1S/C22H16N2O4S/c25-21(14-6-8-16(9-7-14)28-15-4-2-1-3-5-15)24-22-23-17-12-18-19(13-20(17)29-22)27-11-10-26-18/h1-9,12-13H,10-11H2,(H,23,24,25). The normalized spacial score (nSPS) is 12.6. The van der Waals surface area contributed by atoms with Gasteiger partial charge >= 0.3 is 0 Å². The molecule has 5 rings (SSSR count). The largest absolute Gasteiger partial charge is 0.486 e. The molecule has 0 spiro atoms. The Morgan fingerprint density at radius 1 is 0.931 bits per heavy atom. The second-order valence-electron chi connectivity index (χ2n) is 6.38. The summed E-state index contributed by atoms with van der Waals surface area (Å²) in [5.41, 5.74) is 1.29. The number of nitrogens with zero attached hydrogens (tertiary/aromatic N) is 1. The number of nitrogens with one attached hydrogen (secondary N) is 1. The van der Waals surface area contributed by atoms with Crippen molar-refractivity contribution in [3.63, 3.8) is 0 Å². The van der Waals surface area contributed by atoms with Gasteiger partial charge in [0.05, 0.1) is 10.2 Å². The lowest BCUT2D eigenvalue weighted by atomic mass is 10.2. The lowest BCUT2D eigenvalue weighted by molar-refractivity contribution is 0.102. The third-order valence-corrected chi connectivity index (χ3v) is 5.30. The van der Waals surface area contributed by atoms with Crippen LogP contribution in [0.4, 0.5) is 5.13 Å². The topological polar surface area (TPSA) is 69.7 Å². The molecule has 0 fully saturated rings. The fourth-order valence-corrected chi connectivity index (χ4v) is 3.86. The third kappa shape index (κ3) is 3.72. The highest BCUT2D eigenvalue weighted by atomic mass is 32.1. The summed E-state index contributed by atoms with van der Waals surface area (Å²) in [4.78, 5) is 17.1. The summed E-state index contributed by atoms with van der Waals surface area (Å²) in [5.74, 6) is 2.57. The molecule has 29 heavy (non-hydrogen) atoms. The molecule has 1 aliphatic heterocycles. The molecule has 0 bridgehead atoms. The van der Waals surface area contributed by atoms with Crippen molar-refractivity contribution in [1.29, 1.82) is 0 Å². The summed E-state index contributed by atoms with van der Waals surface area (Å²) in [7, 11) is 0. The summed E-state index contributed by atoms with van der Waals surface area (Å²) < 4.78 is 17.9. The van der Waals surface area contributed by atoms with E-state index in [0.717, 1.165) is 16.0 Å². The van der Waals surface area contributed by atoms with E-state index in [9.17, 15) is 4.79 Å².